The van der Waals surface area contributed by atoms with E-state index in [1.54, 1.807) is 0 Å². The smallest absolute Gasteiger partial charge is 0.00199 e. The standard InChI is InChI=1S/C55H40/c1-3-18-42-33-44(30-29-38(42)4-2)48-32-31-43(47-35-45(39-19-8-5-9-20-39)34-46(36-47)40-21-10-6-11-22-40)37-53(48)55-51-27-16-14-25-49(51)54(41-23-12-7-13-24-41)50-26-15-17-28-52(50)55/h3-37H,2H2,1H3/b18-3-. The number of fused-ring (bicyclic) bond motifs is 2. The summed E-state index contributed by atoms with van der Waals surface area (Å²) < 4.78 is 0. The Labute approximate surface area is 324 Å². The predicted molar refractivity (Wildman–Crippen MR) is 239 cm³/mol. The highest BCUT2D eigenvalue weighted by molar-refractivity contribution is 6.22. The lowest BCUT2D eigenvalue weighted by Gasteiger charge is -2.21. The van der Waals surface area contributed by atoms with Gasteiger partial charge in [0.25, 0.3) is 0 Å². The molecule has 0 atom stereocenters. The zero-order valence-corrected chi connectivity index (χ0v) is 30.9. The molecule has 0 nitrogen and oxygen atoms in total. The van der Waals surface area contributed by atoms with E-state index >= 15 is 0 Å². The Kier molecular flexibility index (Phi) is 9.08. The topological polar surface area (TPSA) is 0 Å². The highest BCUT2D eigenvalue weighted by atomic mass is 14.2. The van der Waals surface area contributed by atoms with Gasteiger partial charge in [0.05, 0.1) is 0 Å². The molecule has 0 saturated carbocycles. The van der Waals surface area contributed by atoms with Crippen molar-refractivity contribution in [2.24, 2.45) is 0 Å². The monoisotopic (exact) mass is 700 g/mol. The third-order valence-electron chi connectivity index (χ3n) is 10.7. The van der Waals surface area contributed by atoms with Crippen molar-refractivity contribution < 1.29 is 0 Å². The first-order valence-electron chi connectivity index (χ1n) is 19.0. The molecular weight excluding hydrogens is 661 g/mol. The first-order chi connectivity index (χ1) is 27.2. The molecule has 0 heterocycles. The number of benzene rings is 9. The van der Waals surface area contributed by atoms with Crippen LogP contribution in [0.15, 0.2) is 207 Å². The Bertz CT molecular complexity index is 2740. The molecule has 9 aromatic carbocycles. The minimum Gasteiger partial charge on any atom is -0.0984 e. The molecule has 0 bridgehead atoms. The van der Waals surface area contributed by atoms with Crippen LogP contribution in [-0.2, 0) is 0 Å². The van der Waals surface area contributed by atoms with Gasteiger partial charge in [-0.15, -0.1) is 0 Å². The van der Waals surface area contributed by atoms with Crippen molar-refractivity contribution in [3.8, 4) is 66.8 Å². The first kappa shape index (κ1) is 33.8. The summed E-state index contributed by atoms with van der Waals surface area (Å²) in [6, 6.07) is 70.9. The van der Waals surface area contributed by atoms with Gasteiger partial charge in [-0.05, 0) is 137 Å². The third-order valence-corrected chi connectivity index (χ3v) is 10.7. The fourth-order valence-electron chi connectivity index (χ4n) is 8.16. The summed E-state index contributed by atoms with van der Waals surface area (Å²) in [6.45, 7) is 6.18. The molecule has 0 saturated heterocycles. The highest BCUT2D eigenvalue weighted by Crippen LogP contribution is 2.47. The van der Waals surface area contributed by atoms with Gasteiger partial charge in [0.15, 0.2) is 0 Å². The lowest BCUT2D eigenvalue weighted by atomic mass is 9.82. The van der Waals surface area contributed by atoms with Gasteiger partial charge in [0, 0.05) is 0 Å². The van der Waals surface area contributed by atoms with Crippen LogP contribution >= 0.6 is 0 Å². The van der Waals surface area contributed by atoms with Crippen molar-refractivity contribution in [1.82, 2.24) is 0 Å². The Balaban J connectivity index is 1.37. The van der Waals surface area contributed by atoms with Crippen molar-refractivity contribution >= 4 is 33.7 Å². The van der Waals surface area contributed by atoms with Crippen molar-refractivity contribution in [3.05, 3.63) is 218 Å². The summed E-state index contributed by atoms with van der Waals surface area (Å²) >= 11 is 0. The molecule has 0 spiro atoms. The second kappa shape index (κ2) is 14.8. The van der Waals surface area contributed by atoms with Crippen molar-refractivity contribution in [2.75, 3.05) is 0 Å². The molecule has 0 aliphatic rings. The van der Waals surface area contributed by atoms with Crippen LogP contribution in [0.1, 0.15) is 18.1 Å². The van der Waals surface area contributed by atoms with E-state index < -0.39 is 0 Å². The van der Waals surface area contributed by atoms with Gasteiger partial charge in [0.1, 0.15) is 0 Å². The first-order valence-corrected chi connectivity index (χ1v) is 19.0. The van der Waals surface area contributed by atoms with Crippen molar-refractivity contribution in [3.63, 3.8) is 0 Å². The van der Waals surface area contributed by atoms with Crippen LogP contribution in [0, 0.1) is 0 Å². The average Bonchev–Trinajstić information content (AvgIpc) is 3.26. The molecule has 0 radical (unpaired) electrons. The second-order valence-corrected chi connectivity index (χ2v) is 14.0. The molecule has 0 unspecified atom stereocenters. The van der Waals surface area contributed by atoms with E-state index in [9.17, 15) is 0 Å². The van der Waals surface area contributed by atoms with Gasteiger partial charge >= 0.3 is 0 Å². The third kappa shape index (κ3) is 6.39. The van der Waals surface area contributed by atoms with Gasteiger partial charge in [-0.3, -0.25) is 0 Å². The zero-order valence-electron chi connectivity index (χ0n) is 30.9. The molecule has 0 aromatic heterocycles. The van der Waals surface area contributed by atoms with E-state index in [4.69, 9.17) is 0 Å². The van der Waals surface area contributed by atoms with Crippen LogP contribution in [0.2, 0.25) is 0 Å². The predicted octanol–water partition coefficient (Wildman–Crippen LogP) is 15.7. The largest absolute Gasteiger partial charge is 0.0984 e. The summed E-state index contributed by atoms with van der Waals surface area (Å²) in [7, 11) is 0. The number of allylic oxidation sites excluding steroid dienone is 1. The van der Waals surface area contributed by atoms with E-state index in [0.717, 1.165) is 11.1 Å². The minimum atomic E-state index is 1.12. The van der Waals surface area contributed by atoms with Crippen LogP contribution in [0.25, 0.3) is 100 Å². The molecular formula is C55H40. The van der Waals surface area contributed by atoms with E-state index in [0.29, 0.717) is 0 Å². The fourth-order valence-corrected chi connectivity index (χ4v) is 8.16. The molecule has 0 amide bonds. The van der Waals surface area contributed by atoms with Gasteiger partial charge in [-0.2, -0.15) is 0 Å². The lowest BCUT2D eigenvalue weighted by Crippen LogP contribution is -1.94. The maximum Gasteiger partial charge on any atom is -0.00199 e. The molecule has 0 aliphatic carbocycles. The van der Waals surface area contributed by atoms with Gasteiger partial charge < -0.3 is 0 Å². The van der Waals surface area contributed by atoms with E-state index in [1.165, 1.54) is 88.3 Å². The lowest BCUT2D eigenvalue weighted by molar-refractivity contribution is 1.54. The quantitative estimate of drug-likeness (QED) is 0.138. The number of hydrogen-bond acceptors (Lipinski definition) is 0. The number of hydrogen-bond donors (Lipinski definition) is 0. The summed E-state index contributed by atoms with van der Waals surface area (Å²) in [5, 5.41) is 4.95. The van der Waals surface area contributed by atoms with Crippen molar-refractivity contribution in [2.45, 2.75) is 6.92 Å². The SMILES string of the molecule is C=Cc1ccc(-c2ccc(-c3cc(-c4ccccc4)cc(-c4ccccc4)c3)cc2-c2c3ccccc3c(-c3ccccc3)c3ccccc23)cc1/C=C\C. The second-order valence-electron chi connectivity index (χ2n) is 14.0. The molecule has 55 heavy (non-hydrogen) atoms. The molecule has 0 aliphatic heterocycles. The Morgan fingerprint density at radius 2 is 0.782 bits per heavy atom. The van der Waals surface area contributed by atoms with Gasteiger partial charge in [0.2, 0.25) is 0 Å². The normalized spacial score (nSPS) is 11.4. The number of rotatable bonds is 8. The average molecular weight is 701 g/mol. The van der Waals surface area contributed by atoms with Crippen LogP contribution < -0.4 is 0 Å². The van der Waals surface area contributed by atoms with E-state index in [-0.39, 0.29) is 0 Å². The van der Waals surface area contributed by atoms with Crippen LogP contribution in [-0.4, -0.2) is 0 Å². The van der Waals surface area contributed by atoms with E-state index in [1.807, 2.05) is 6.08 Å². The zero-order chi connectivity index (χ0) is 37.1. The molecule has 0 fully saturated rings. The maximum atomic E-state index is 4.11. The minimum absolute atomic E-state index is 1.12. The Morgan fingerprint density at radius 1 is 0.327 bits per heavy atom. The highest BCUT2D eigenvalue weighted by Gasteiger charge is 2.20. The van der Waals surface area contributed by atoms with Crippen LogP contribution in [0.5, 0.6) is 0 Å². The summed E-state index contributed by atoms with van der Waals surface area (Å²) in [4.78, 5) is 0. The Hall–Kier alpha value is -7.02. The molecule has 0 N–H and O–H groups in total. The van der Waals surface area contributed by atoms with Gasteiger partial charge in [-0.1, -0.05) is 189 Å². The fraction of sp³-hybridized carbons (Fsp3) is 0.0182. The molecule has 9 aromatic rings. The molecule has 260 valence electrons. The van der Waals surface area contributed by atoms with Gasteiger partial charge in [-0.25, -0.2) is 0 Å². The maximum absolute atomic E-state index is 4.11. The molecule has 9 rings (SSSR count). The summed E-state index contributed by atoms with van der Waals surface area (Å²) in [5.41, 5.74) is 16.7. The summed E-state index contributed by atoms with van der Waals surface area (Å²) in [6.07, 6.45) is 6.22. The summed E-state index contributed by atoms with van der Waals surface area (Å²) in [5.74, 6) is 0. The van der Waals surface area contributed by atoms with E-state index in [2.05, 4.69) is 220 Å². The van der Waals surface area contributed by atoms with Crippen molar-refractivity contribution in [1.29, 1.82) is 0 Å². The van der Waals surface area contributed by atoms with Crippen LogP contribution in [0.3, 0.4) is 0 Å². The van der Waals surface area contributed by atoms with Crippen LogP contribution in [0.4, 0.5) is 0 Å². The Morgan fingerprint density at radius 3 is 1.29 bits per heavy atom. The molecule has 0 heteroatoms.